The van der Waals surface area contributed by atoms with E-state index < -0.39 is 9.84 Å². The van der Waals surface area contributed by atoms with Crippen LogP contribution in [0, 0.1) is 5.92 Å². The molecule has 0 amide bonds. The first-order valence-electron chi connectivity index (χ1n) is 11.5. The van der Waals surface area contributed by atoms with E-state index in [1.165, 1.54) is 12.8 Å². The maximum absolute atomic E-state index is 13.3. The Morgan fingerprint density at radius 2 is 1.64 bits per heavy atom. The Morgan fingerprint density at radius 1 is 0.909 bits per heavy atom. The molecule has 0 bridgehead atoms. The monoisotopic (exact) mass is 467 g/mol. The van der Waals surface area contributed by atoms with Crippen LogP contribution in [0.2, 0.25) is 0 Å². The SMILES string of the molecule is O=S(=O)(c1ccccc1)c1cc(Nc2cc(CC3CC3)[nH]n2)nc(NC2CCC(O)CC2)c1. The van der Waals surface area contributed by atoms with Gasteiger partial charge < -0.3 is 15.7 Å². The van der Waals surface area contributed by atoms with Crippen molar-refractivity contribution in [3.8, 4) is 0 Å². The largest absolute Gasteiger partial charge is 0.393 e. The number of H-pyrrole nitrogens is 1. The number of benzene rings is 1. The second-order valence-corrected chi connectivity index (χ2v) is 11.0. The predicted octanol–water partition coefficient (Wildman–Crippen LogP) is 4.05. The van der Waals surface area contributed by atoms with Gasteiger partial charge in [0.25, 0.3) is 0 Å². The molecule has 0 aliphatic heterocycles. The Labute approximate surface area is 193 Å². The van der Waals surface area contributed by atoms with Gasteiger partial charge in [-0.05, 0) is 69.1 Å². The summed E-state index contributed by atoms with van der Waals surface area (Å²) in [6.45, 7) is 0. The number of nitrogens with one attached hydrogen (secondary N) is 3. The third-order valence-electron chi connectivity index (χ3n) is 6.30. The zero-order valence-electron chi connectivity index (χ0n) is 18.4. The van der Waals surface area contributed by atoms with Crippen molar-refractivity contribution in [2.75, 3.05) is 10.6 Å². The fourth-order valence-electron chi connectivity index (χ4n) is 4.26. The first kappa shape index (κ1) is 21.9. The summed E-state index contributed by atoms with van der Waals surface area (Å²) >= 11 is 0. The van der Waals surface area contributed by atoms with E-state index in [4.69, 9.17) is 0 Å². The van der Waals surface area contributed by atoms with Crippen molar-refractivity contribution in [1.29, 1.82) is 0 Å². The van der Waals surface area contributed by atoms with Crippen LogP contribution < -0.4 is 10.6 Å². The summed E-state index contributed by atoms with van der Waals surface area (Å²) in [5.74, 6) is 2.25. The number of aliphatic hydroxyl groups excluding tert-OH is 1. The summed E-state index contributed by atoms with van der Waals surface area (Å²) in [7, 11) is -3.72. The number of aliphatic hydroxyl groups is 1. The van der Waals surface area contributed by atoms with Gasteiger partial charge in [-0.3, -0.25) is 5.10 Å². The van der Waals surface area contributed by atoms with Gasteiger partial charge in [-0.15, -0.1) is 0 Å². The Morgan fingerprint density at radius 3 is 2.36 bits per heavy atom. The van der Waals surface area contributed by atoms with Gasteiger partial charge in [0.1, 0.15) is 11.6 Å². The number of rotatable bonds is 8. The molecule has 2 heterocycles. The van der Waals surface area contributed by atoms with Crippen LogP contribution in [0.1, 0.15) is 44.2 Å². The second-order valence-electron chi connectivity index (χ2n) is 9.09. The summed E-state index contributed by atoms with van der Waals surface area (Å²) in [6.07, 6.45) is 6.30. The molecule has 0 spiro atoms. The van der Waals surface area contributed by atoms with Crippen molar-refractivity contribution in [1.82, 2.24) is 15.2 Å². The van der Waals surface area contributed by atoms with Crippen LogP contribution in [0.3, 0.4) is 0 Å². The maximum atomic E-state index is 13.3. The number of hydrogen-bond donors (Lipinski definition) is 4. The zero-order chi connectivity index (χ0) is 22.8. The van der Waals surface area contributed by atoms with Gasteiger partial charge in [-0.2, -0.15) is 5.10 Å². The second kappa shape index (κ2) is 9.15. The average Bonchev–Trinajstić information content (AvgIpc) is 3.53. The lowest BCUT2D eigenvalue weighted by atomic mass is 9.93. The molecular formula is C24H29N5O3S. The molecule has 1 aromatic carbocycles. The number of aromatic amines is 1. The van der Waals surface area contributed by atoms with Gasteiger partial charge in [0.15, 0.2) is 5.82 Å². The lowest BCUT2D eigenvalue weighted by Crippen LogP contribution is -2.28. The van der Waals surface area contributed by atoms with Gasteiger partial charge in [-0.1, -0.05) is 18.2 Å². The first-order valence-corrected chi connectivity index (χ1v) is 13.0. The van der Waals surface area contributed by atoms with Crippen molar-refractivity contribution >= 4 is 27.3 Å². The van der Waals surface area contributed by atoms with Crippen LogP contribution in [-0.4, -0.2) is 40.9 Å². The molecule has 33 heavy (non-hydrogen) atoms. The van der Waals surface area contributed by atoms with Crippen molar-refractivity contribution in [3.05, 3.63) is 54.2 Å². The van der Waals surface area contributed by atoms with E-state index >= 15 is 0 Å². The molecule has 2 saturated carbocycles. The molecular weight excluding hydrogens is 438 g/mol. The molecule has 2 aliphatic rings. The summed E-state index contributed by atoms with van der Waals surface area (Å²) < 4.78 is 26.6. The topological polar surface area (TPSA) is 120 Å². The van der Waals surface area contributed by atoms with Gasteiger partial charge in [0.2, 0.25) is 9.84 Å². The van der Waals surface area contributed by atoms with E-state index in [0.29, 0.717) is 17.5 Å². The molecule has 0 atom stereocenters. The molecule has 174 valence electrons. The van der Waals surface area contributed by atoms with E-state index in [1.54, 1.807) is 42.5 Å². The molecule has 3 aromatic rings. The first-order chi connectivity index (χ1) is 16.0. The van der Waals surface area contributed by atoms with Crippen LogP contribution in [-0.2, 0) is 16.3 Å². The average molecular weight is 468 g/mol. The van der Waals surface area contributed by atoms with Gasteiger partial charge in [0.05, 0.1) is 15.9 Å². The molecule has 4 N–H and O–H groups in total. The molecule has 8 nitrogen and oxygen atoms in total. The van der Waals surface area contributed by atoms with E-state index in [0.717, 1.165) is 43.7 Å². The highest BCUT2D eigenvalue weighted by molar-refractivity contribution is 7.91. The fourth-order valence-corrected chi connectivity index (χ4v) is 5.58. The third kappa shape index (κ3) is 5.36. The fraction of sp³-hybridized carbons (Fsp3) is 0.417. The summed E-state index contributed by atoms with van der Waals surface area (Å²) in [4.78, 5) is 5.03. The van der Waals surface area contributed by atoms with E-state index in [2.05, 4.69) is 25.8 Å². The van der Waals surface area contributed by atoms with E-state index in [1.807, 2.05) is 6.07 Å². The van der Waals surface area contributed by atoms with Crippen molar-refractivity contribution in [2.45, 2.75) is 66.9 Å². The molecule has 2 fully saturated rings. The minimum atomic E-state index is -3.72. The maximum Gasteiger partial charge on any atom is 0.206 e. The van der Waals surface area contributed by atoms with Crippen molar-refractivity contribution in [3.63, 3.8) is 0 Å². The normalized spacial score (nSPS) is 21.0. The minimum absolute atomic E-state index is 0.138. The molecule has 2 aromatic heterocycles. The molecule has 5 rings (SSSR count). The number of aromatic nitrogens is 3. The van der Waals surface area contributed by atoms with Crippen LogP contribution in [0.15, 0.2) is 58.3 Å². The van der Waals surface area contributed by atoms with Crippen molar-refractivity contribution in [2.24, 2.45) is 5.92 Å². The highest BCUT2D eigenvalue weighted by Gasteiger charge is 2.24. The number of anilines is 3. The van der Waals surface area contributed by atoms with E-state index in [-0.39, 0.29) is 21.9 Å². The van der Waals surface area contributed by atoms with Crippen LogP contribution in [0.5, 0.6) is 0 Å². The number of hydrogen-bond acceptors (Lipinski definition) is 7. The van der Waals surface area contributed by atoms with Crippen LogP contribution in [0.4, 0.5) is 17.5 Å². The Kier molecular flexibility index (Phi) is 6.07. The van der Waals surface area contributed by atoms with Gasteiger partial charge in [-0.25, -0.2) is 13.4 Å². The number of sulfone groups is 1. The highest BCUT2D eigenvalue weighted by Crippen LogP contribution is 2.33. The summed E-state index contributed by atoms with van der Waals surface area (Å²) in [6, 6.07) is 13.6. The smallest absolute Gasteiger partial charge is 0.206 e. The summed E-state index contributed by atoms with van der Waals surface area (Å²) in [5.41, 5.74) is 1.06. The van der Waals surface area contributed by atoms with Crippen LogP contribution in [0.25, 0.3) is 0 Å². The lowest BCUT2D eigenvalue weighted by Gasteiger charge is -2.26. The van der Waals surface area contributed by atoms with Crippen LogP contribution >= 0.6 is 0 Å². The predicted molar refractivity (Wildman–Crippen MR) is 126 cm³/mol. The minimum Gasteiger partial charge on any atom is -0.393 e. The zero-order valence-corrected chi connectivity index (χ0v) is 19.2. The highest BCUT2D eigenvalue weighted by atomic mass is 32.2. The van der Waals surface area contributed by atoms with Gasteiger partial charge in [0, 0.05) is 23.9 Å². The third-order valence-corrected chi connectivity index (χ3v) is 8.05. The molecule has 0 radical (unpaired) electrons. The molecule has 0 saturated heterocycles. The van der Waals surface area contributed by atoms with Crippen molar-refractivity contribution < 1.29 is 13.5 Å². The van der Waals surface area contributed by atoms with E-state index in [9.17, 15) is 13.5 Å². The molecule has 0 unspecified atom stereocenters. The standard InChI is InChI=1S/C24H29N5O3S/c30-19-10-8-17(9-11-19)25-22-14-21(33(31,32)20-4-2-1-3-5-20)15-23(26-22)27-24-13-18(28-29-24)12-16-6-7-16/h1-5,13-17,19,30H,6-12H2,(H3,25,26,27,28,29). The number of nitrogens with zero attached hydrogens (tertiary/aromatic N) is 2. The lowest BCUT2D eigenvalue weighted by molar-refractivity contribution is 0.126. The molecule has 2 aliphatic carbocycles. The number of pyridine rings is 1. The Hall–Kier alpha value is -2.91. The van der Waals surface area contributed by atoms with Gasteiger partial charge >= 0.3 is 0 Å². The summed E-state index contributed by atoms with van der Waals surface area (Å²) in [5, 5.41) is 23.7. The Balaban J connectivity index is 1.43. The molecule has 9 heteroatoms. The Bertz CT molecular complexity index is 1200. The quantitative estimate of drug-likeness (QED) is 0.394.